The van der Waals surface area contributed by atoms with Gasteiger partial charge in [0.1, 0.15) is 11.4 Å². The third kappa shape index (κ3) is 5.89. The summed E-state index contributed by atoms with van der Waals surface area (Å²) in [5.74, 6) is -0.203. The Kier molecular flexibility index (Phi) is 8.06. The summed E-state index contributed by atoms with van der Waals surface area (Å²) in [5.41, 5.74) is 3.83. The minimum atomic E-state index is -3.96. The van der Waals surface area contributed by atoms with E-state index in [9.17, 15) is 13.2 Å². The number of amides is 1. The summed E-state index contributed by atoms with van der Waals surface area (Å²) in [7, 11) is -2.46. The van der Waals surface area contributed by atoms with Crippen LogP contribution >= 0.6 is 11.6 Å². The molecular weight excluding hydrogens is 514 g/mol. The number of carbonyl (C=O) groups excluding carboxylic acids is 1. The zero-order valence-electron chi connectivity index (χ0n) is 21.2. The van der Waals surface area contributed by atoms with Crippen molar-refractivity contribution in [3.63, 3.8) is 0 Å². The van der Waals surface area contributed by atoms with Gasteiger partial charge in [-0.1, -0.05) is 46.6 Å². The number of methoxy groups -OCH3 is 1. The highest BCUT2D eigenvalue weighted by molar-refractivity contribution is 7.89. The highest BCUT2D eigenvalue weighted by atomic mass is 35.5. The lowest BCUT2D eigenvalue weighted by Crippen LogP contribution is -2.43. The van der Waals surface area contributed by atoms with Crippen molar-refractivity contribution in [1.29, 1.82) is 0 Å². The lowest BCUT2D eigenvalue weighted by atomic mass is 9.98. The molecule has 3 aromatic rings. The molecule has 0 saturated carbocycles. The number of nitrogens with zero attached hydrogens (tertiary/aromatic N) is 2. The molecular formula is C27H30ClN3O5S. The lowest BCUT2D eigenvalue weighted by Gasteiger charge is -2.31. The van der Waals surface area contributed by atoms with E-state index in [4.69, 9.17) is 20.9 Å². The Bertz CT molecular complexity index is 1450. The molecule has 2 heterocycles. The van der Waals surface area contributed by atoms with Gasteiger partial charge in [0.2, 0.25) is 15.9 Å². The van der Waals surface area contributed by atoms with Crippen molar-refractivity contribution in [2.24, 2.45) is 5.92 Å². The van der Waals surface area contributed by atoms with E-state index < -0.39 is 15.9 Å². The molecule has 1 aromatic heterocycles. The normalized spacial score (nSPS) is 16.7. The predicted molar refractivity (Wildman–Crippen MR) is 144 cm³/mol. The fourth-order valence-corrected chi connectivity index (χ4v) is 6.37. The second-order valence-corrected chi connectivity index (χ2v) is 11.5. The number of halogens is 1. The number of benzene rings is 2. The molecule has 1 aliphatic rings. The molecule has 196 valence electrons. The van der Waals surface area contributed by atoms with Gasteiger partial charge in [-0.15, -0.1) is 0 Å². The molecule has 1 amide bonds. The van der Waals surface area contributed by atoms with E-state index in [1.165, 1.54) is 11.4 Å². The molecule has 8 nitrogen and oxygen atoms in total. The van der Waals surface area contributed by atoms with Crippen molar-refractivity contribution < 1.29 is 22.5 Å². The first-order chi connectivity index (χ1) is 17.6. The minimum Gasteiger partial charge on any atom is -0.495 e. The van der Waals surface area contributed by atoms with Crippen LogP contribution in [0.25, 0.3) is 12.2 Å². The molecule has 10 heteroatoms. The van der Waals surface area contributed by atoms with Gasteiger partial charge in [0.05, 0.1) is 18.7 Å². The summed E-state index contributed by atoms with van der Waals surface area (Å²) in [6.45, 7) is 5.93. The van der Waals surface area contributed by atoms with Crippen molar-refractivity contribution in [2.75, 3.05) is 25.5 Å². The quantitative estimate of drug-likeness (QED) is 0.424. The Morgan fingerprint density at radius 3 is 2.73 bits per heavy atom. The first-order valence-electron chi connectivity index (χ1n) is 12.0. The Balaban J connectivity index is 1.56. The summed E-state index contributed by atoms with van der Waals surface area (Å²) in [4.78, 5) is 13.1. The van der Waals surface area contributed by atoms with E-state index in [1.54, 1.807) is 31.2 Å². The Morgan fingerprint density at radius 2 is 1.97 bits per heavy atom. The number of hydrogen-bond acceptors (Lipinski definition) is 6. The van der Waals surface area contributed by atoms with E-state index >= 15 is 0 Å². The number of ether oxygens (including phenoxy) is 1. The average Bonchev–Trinajstić information content (AvgIpc) is 3.25. The third-order valence-corrected chi connectivity index (χ3v) is 8.71. The zero-order valence-corrected chi connectivity index (χ0v) is 22.8. The molecule has 0 spiro atoms. The maximum atomic E-state index is 13.7. The molecule has 1 N–H and O–H groups in total. The van der Waals surface area contributed by atoms with Crippen molar-refractivity contribution >= 4 is 45.4 Å². The smallest absolute Gasteiger partial charge is 0.248 e. The van der Waals surface area contributed by atoms with Crippen LogP contribution in [-0.2, 0) is 14.8 Å². The van der Waals surface area contributed by atoms with Crippen LogP contribution in [0.5, 0.6) is 5.75 Å². The predicted octanol–water partition coefficient (Wildman–Crippen LogP) is 5.47. The second-order valence-electron chi connectivity index (χ2n) is 9.19. The van der Waals surface area contributed by atoms with Crippen LogP contribution < -0.4 is 10.1 Å². The molecule has 0 unspecified atom stereocenters. The standard InChI is InChI=1S/C27H30ClN3O5S/c1-17-7-8-18(2)20(14-17)9-11-25-26(19(3)30-36-25)37(33,34)31-13-5-6-21(16-31)27(32)29-23-15-22(28)10-12-24(23)35-4/h7-12,14-15,21H,5-6,13,16H2,1-4H3,(H,29,32)/b11-9+/t21-/m1/s1. The van der Waals surface area contributed by atoms with Crippen LogP contribution in [0.1, 0.15) is 41.0 Å². The van der Waals surface area contributed by atoms with E-state index in [-0.39, 0.29) is 28.8 Å². The molecule has 1 aliphatic heterocycles. The van der Waals surface area contributed by atoms with E-state index in [2.05, 4.69) is 10.5 Å². The molecule has 1 atom stereocenters. The van der Waals surface area contributed by atoms with E-state index in [0.29, 0.717) is 35.8 Å². The molecule has 2 aromatic carbocycles. The topological polar surface area (TPSA) is 102 Å². The fourth-order valence-electron chi connectivity index (χ4n) is 4.42. The number of nitrogens with one attached hydrogen (secondary N) is 1. The maximum Gasteiger partial charge on any atom is 0.248 e. The summed E-state index contributed by atoms with van der Waals surface area (Å²) in [6, 6.07) is 11.0. The first kappa shape index (κ1) is 26.9. The molecule has 0 aliphatic carbocycles. The number of anilines is 1. The SMILES string of the molecule is COc1ccc(Cl)cc1NC(=O)[C@@H]1CCCN(S(=O)(=O)c2c(C)noc2/C=C/c2cc(C)ccc2C)C1. The number of hydrogen-bond donors (Lipinski definition) is 1. The van der Waals surface area contributed by atoms with Gasteiger partial charge in [-0.05, 0) is 69.0 Å². The van der Waals surface area contributed by atoms with Gasteiger partial charge in [-0.25, -0.2) is 8.42 Å². The van der Waals surface area contributed by atoms with Gasteiger partial charge in [-0.3, -0.25) is 4.79 Å². The number of aromatic nitrogens is 1. The Labute approximate surface area is 222 Å². The third-order valence-electron chi connectivity index (χ3n) is 6.45. The van der Waals surface area contributed by atoms with Gasteiger partial charge in [0.25, 0.3) is 0 Å². The highest BCUT2D eigenvalue weighted by Crippen LogP contribution is 2.32. The van der Waals surface area contributed by atoms with Crippen LogP contribution in [0.2, 0.25) is 5.02 Å². The van der Waals surface area contributed by atoms with Crippen LogP contribution in [0, 0.1) is 26.7 Å². The number of sulfonamides is 1. The van der Waals surface area contributed by atoms with E-state index in [1.807, 2.05) is 38.1 Å². The van der Waals surface area contributed by atoms with Crippen LogP contribution in [0.15, 0.2) is 45.8 Å². The van der Waals surface area contributed by atoms with Gasteiger partial charge in [0.15, 0.2) is 10.7 Å². The molecule has 4 rings (SSSR count). The van der Waals surface area contributed by atoms with Crippen LogP contribution in [0.4, 0.5) is 5.69 Å². The maximum absolute atomic E-state index is 13.7. The van der Waals surface area contributed by atoms with Crippen molar-refractivity contribution in [1.82, 2.24) is 9.46 Å². The summed E-state index contributed by atoms with van der Waals surface area (Å²) in [5, 5.41) is 7.22. The molecule has 1 fully saturated rings. The zero-order chi connectivity index (χ0) is 26.7. The number of carbonyl (C=O) groups is 1. The molecule has 1 saturated heterocycles. The Morgan fingerprint density at radius 1 is 1.19 bits per heavy atom. The van der Waals surface area contributed by atoms with Crippen LogP contribution in [0.3, 0.4) is 0 Å². The van der Waals surface area contributed by atoms with Gasteiger partial charge in [0, 0.05) is 18.1 Å². The summed E-state index contributed by atoms with van der Waals surface area (Å²) < 4.78 is 39.5. The monoisotopic (exact) mass is 543 g/mol. The molecule has 0 radical (unpaired) electrons. The largest absolute Gasteiger partial charge is 0.495 e. The highest BCUT2D eigenvalue weighted by Gasteiger charge is 2.37. The van der Waals surface area contributed by atoms with Gasteiger partial charge in [-0.2, -0.15) is 4.31 Å². The fraction of sp³-hybridized carbons (Fsp3) is 0.333. The van der Waals surface area contributed by atoms with Crippen molar-refractivity contribution in [3.8, 4) is 5.75 Å². The summed E-state index contributed by atoms with van der Waals surface area (Å²) >= 11 is 6.08. The van der Waals surface area contributed by atoms with Crippen molar-refractivity contribution in [2.45, 2.75) is 38.5 Å². The number of rotatable bonds is 7. The summed E-state index contributed by atoms with van der Waals surface area (Å²) in [6.07, 6.45) is 4.56. The van der Waals surface area contributed by atoms with E-state index in [0.717, 1.165) is 16.7 Å². The lowest BCUT2D eigenvalue weighted by molar-refractivity contribution is -0.120. The Hall–Kier alpha value is -3.14. The molecule has 37 heavy (non-hydrogen) atoms. The average molecular weight is 544 g/mol. The minimum absolute atomic E-state index is 0.0200. The molecule has 0 bridgehead atoms. The van der Waals surface area contributed by atoms with Crippen molar-refractivity contribution in [3.05, 3.63) is 69.6 Å². The van der Waals surface area contributed by atoms with Gasteiger partial charge < -0.3 is 14.6 Å². The van der Waals surface area contributed by atoms with Crippen LogP contribution in [-0.4, -0.2) is 44.0 Å². The number of aryl methyl sites for hydroxylation is 3. The van der Waals surface area contributed by atoms with Gasteiger partial charge >= 0.3 is 0 Å². The second kappa shape index (κ2) is 11.1. The first-order valence-corrected chi connectivity index (χ1v) is 13.8. The number of piperidine rings is 1.